The molecule has 0 aliphatic carbocycles. The second-order valence-electron chi connectivity index (χ2n) is 6.91. The molecular weight excluding hydrogens is 382 g/mol. The molecule has 0 aromatic heterocycles. The maximum atomic E-state index is 12.6. The number of hydrogen-bond donors (Lipinski definition) is 1. The van der Waals surface area contributed by atoms with Crippen molar-refractivity contribution in [3.8, 4) is 11.5 Å². The van der Waals surface area contributed by atoms with Crippen LogP contribution in [0.1, 0.15) is 34.9 Å². The summed E-state index contributed by atoms with van der Waals surface area (Å²) in [5, 5.41) is 3.20. The van der Waals surface area contributed by atoms with E-state index >= 15 is 0 Å². The first kappa shape index (κ1) is 19.4. The number of carbonyl (C=O) groups is 1. The van der Waals surface area contributed by atoms with Crippen LogP contribution in [0.4, 0.5) is 0 Å². The summed E-state index contributed by atoms with van der Waals surface area (Å²) < 4.78 is 10.8. The highest BCUT2D eigenvalue weighted by atomic mass is 32.2. The van der Waals surface area contributed by atoms with Crippen molar-refractivity contribution in [1.29, 1.82) is 0 Å². The molecule has 29 heavy (non-hydrogen) atoms. The third-order valence-corrected chi connectivity index (χ3v) is 6.17. The molecule has 1 heterocycles. The summed E-state index contributed by atoms with van der Waals surface area (Å²) in [7, 11) is 0. The molecule has 0 unspecified atom stereocenters. The largest absolute Gasteiger partial charge is 0.454 e. The first-order valence-corrected chi connectivity index (χ1v) is 10.7. The second-order valence-corrected chi connectivity index (χ2v) is 8.01. The van der Waals surface area contributed by atoms with Gasteiger partial charge < -0.3 is 14.8 Å². The second kappa shape index (κ2) is 9.05. The fraction of sp³-hybridized carbons (Fsp3) is 0.208. The van der Waals surface area contributed by atoms with Crippen molar-refractivity contribution in [2.45, 2.75) is 18.2 Å². The lowest BCUT2D eigenvalue weighted by Crippen LogP contribution is -2.28. The van der Waals surface area contributed by atoms with Crippen molar-refractivity contribution in [1.82, 2.24) is 5.32 Å². The Morgan fingerprint density at radius 2 is 1.52 bits per heavy atom. The molecule has 0 bridgehead atoms. The van der Waals surface area contributed by atoms with E-state index in [0.29, 0.717) is 5.75 Å². The molecule has 3 aromatic carbocycles. The summed E-state index contributed by atoms with van der Waals surface area (Å²) in [6.07, 6.45) is 0. The van der Waals surface area contributed by atoms with E-state index in [4.69, 9.17) is 9.47 Å². The smallest absolute Gasteiger partial charge is 0.231 e. The Hall–Kier alpha value is -2.92. The molecule has 0 fully saturated rings. The van der Waals surface area contributed by atoms with E-state index < -0.39 is 0 Å². The quantitative estimate of drug-likeness (QED) is 0.593. The zero-order valence-electron chi connectivity index (χ0n) is 16.2. The summed E-state index contributed by atoms with van der Waals surface area (Å²) >= 11 is 1.64. The van der Waals surface area contributed by atoms with E-state index in [-0.39, 0.29) is 24.0 Å². The third-order valence-electron chi connectivity index (χ3n) is 4.86. The molecule has 0 saturated heterocycles. The van der Waals surface area contributed by atoms with E-state index in [1.807, 2.05) is 61.5 Å². The Bertz CT molecular complexity index is 923. The number of ether oxygens (including phenoxy) is 2. The summed E-state index contributed by atoms with van der Waals surface area (Å²) in [5.74, 6) is 1.86. The standard InChI is InChI=1S/C24H23NO3S/c1-17(20-12-13-21-22(14-20)28-16-27-21)25-23(26)15-29-24(18-8-4-2-5-9-18)19-10-6-3-7-11-19/h2-14,17,24H,15-16H2,1H3,(H,25,26)/t17-/m0/s1. The van der Waals surface area contributed by atoms with Crippen LogP contribution in [0.3, 0.4) is 0 Å². The van der Waals surface area contributed by atoms with Gasteiger partial charge in [-0.05, 0) is 35.7 Å². The molecule has 1 amide bonds. The number of rotatable bonds is 7. The van der Waals surface area contributed by atoms with E-state index in [9.17, 15) is 4.79 Å². The van der Waals surface area contributed by atoms with Gasteiger partial charge >= 0.3 is 0 Å². The molecule has 4 nitrogen and oxygen atoms in total. The van der Waals surface area contributed by atoms with Gasteiger partial charge in [-0.15, -0.1) is 11.8 Å². The van der Waals surface area contributed by atoms with Gasteiger partial charge in [-0.1, -0.05) is 66.7 Å². The van der Waals surface area contributed by atoms with Crippen molar-refractivity contribution >= 4 is 17.7 Å². The van der Waals surface area contributed by atoms with Gasteiger partial charge in [0, 0.05) is 0 Å². The van der Waals surface area contributed by atoms with Gasteiger partial charge in [0.2, 0.25) is 12.7 Å². The molecule has 0 spiro atoms. The van der Waals surface area contributed by atoms with Crippen molar-refractivity contribution in [2.24, 2.45) is 0 Å². The van der Waals surface area contributed by atoms with E-state index in [1.165, 1.54) is 11.1 Å². The predicted molar refractivity (Wildman–Crippen MR) is 116 cm³/mol. The molecule has 3 aromatic rings. The highest BCUT2D eigenvalue weighted by Crippen LogP contribution is 2.36. The molecule has 1 N–H and O–H groups in total. The first-order valence-electron chi connectivity index (χ1n) is 9.61. The summed E-state index contributed by atoms with van der Waals surface area (Å²) in [6, 6.07) is 26.3. The Labute approximate surface area is 175 Å². The average molecular weight is 406 g/mol. The minimum Gasteiger partial charge on any atom is -0.454 e. The zero-order valence-corrected chi connectivity index (χ0v) is 17.0. The number of benzene rings is 3. The molecule has 0 saturated carbocycles. The van der Waals surface area contributed by atoms with Gasteiger partial charge in [0.1, 0.15) is 0 Å². The molecular formula is C24H23NO3S. The number of carbonyl (C=O) groups excluding carboxylic acids is 1. The number of hydrogen-bond acceptors (Lipinski definition) is 4. The van der Waals surface area contributed by atoms with Gasteiger partial charge in [0.05, 0.1) is 17.0 Å². The van der Waals surface area contributed by atoms with E-state index in [2.05, 4.69) is 29.6 Å². The van der Waals surface area contributed by atoms with Crippen molar-refractivity contribution in [3.05, 3.63) is 95.6 Å². The Morgan fingerprint density at radius 1 is 0.897 bits per heavy atom. The first-order chi connectivity index (χ1) is 14.2. The fourth-order valence-electron chi connectivity index (χ4n) is 3.35. The van der Waals surface area contributed by atoms with Crippen LogP contribution in [0.5, 0.6) is 11.5 Å². The van der Waals surface area contributed by atoms with Gasteiger partial charge in [-0.25, -0.2) is 0 Å². The Balaban J connectivity index is 1.40. The van der Waals surface area contributed by atoms with Gasteiger partial charge in [-0.3, -0.25) is 4.79 Å². The zero-order chi connectivity index (χ0) is 20.1. The van der Waals surface area contributed by atoms with Crippen molar-refractivity contribution < 1.29 is 14.3 Å². The summed E-state index contributed by atoms with van der Waals surface area (Å²) in [6.45, 7) is 2.22. The maximum absolute atomic E-state index is 12.6. The lowest BCUT2D eigenvalue weighted by molar-refractivity contribution is -0.119. The molecule has 1 atom stereocenters. The average Bonchev–Trinajstić information content (AvgIpc) is 3.23. The minimum absolute atomic E-state index is 0.0111. The number of fused-ring (bicyclic) bond motifs is 1. The van der Waals surface area contributed by atoms with Gasteiger partial charge in [0.25, 0.3) is 0 Å². The molecule has 1 aliphatic rings. The third kappa shape index (κ3) is 4.74. The molecule has 5 heteroatoms. The van der Waals surface area contributed by atoms with Crippen LogP contribution in [-0.2, 0) is 4.79 Å². The summed E-state index contributed by atoms with van der Waals surface area (Å²) in [5.41, 5.74) is 3.39. The van der Waals surface area contributed by atoms with Crippen molar-refractivity contribution in [2.75, 3.05) is 12.5 Å². The topological polar surface area (TPSA) is 47.6 Å². The lowest BCUT2D eigenvalue weighted by Gasteiger charge is -2.19. The number of amides is 1. The minimum atomic E-state index is -0.107. The van der Waals surface area contributed by atoms with Crippen LogP contribution in [-0.4, -0.2) is 18.5 Å². The van der Waals surface area contributed by atoms with Crippen molar-refractivity contribution in [3.63, 3.8) is 0 Å². The van der Waals surface area contributed by atoms with Crippen LogP contribution >= 0.6 is 11.8 Å². The number of nitrogens with one attached hydrogen (secondary N) is 1. The van der Waals surface area contributed by atoms with Crippen LogP contribution in [0, 0.1) is 0 Å². The summed E-state index contributed by atoms with van der Waals surface area (Å²) in [4.78, 5) is 12.6. The van der Waals surface area contributed by atoms with Crippen LogP contribution < -0.4 is 14.8 Å². The molecule has 4 rings (SSSR count). The highest BCUT2D eigenvalue weighted by Gasteiger charge is 2.19. The molecule has 148 valence electrons. The highest BCUT2D eigenvalue weighted by molar-refractivity contribution is 8.00. The van der Waals surface area contributed by atoms with Crippen LogP contribution in [0.15, 0.2) is 78.9 Å². The number of thioether (sulfide) groups is 1. The normalized spacial score (nSPS) is 13.3. The van der Waals surface area contributed by atoms with Gasteiger partial charge in [0.15, 0.2) is 11.5 Å². The van der Waals surface area contributed by atoms with Gasteiger partial charge in [-0.2, -0.15) is 0 Å². The molecule has 0 radical (unpaired) electrons. The Morgan fingerprint density at radius 3 is 2.17 bits per heavy atom. The fourth-order valence-corrected chi connectivity index (χ4v) is 4.45. The maximum Gasteiger partial charge on any atom is 0.231 e. The van der Waals surface area contributed by atoms with E-state index in [0.717, 1.165) is 17.1 Å². The molecule has 1 aliphatic heterocycles. The van der Waals surface area contributed by atoms with Crippen LogP contribution in [0.25, 0.3) is 0 Å². The SMILES string of the molecule is C[C@H](NC(=O)CSC(c1ccccc1)c1ccccc1)c1ccc2c(c1)OCO2. The lowest BCUT2D eigenvalue weighted by atomic mass is 10.0. The van der Waals surface area contributed by atoms with Crippen LogP contribution in [0.2, 0.25) is 0 Å². The van der Waals surface area contributed by atoms with E-state index in [1.54, 1.807) is 11.8 Å². The predicted octanol–water partition coefficient (Wildman–Crippen LogP) is 5.12. The monoisotopic (exact) mass is 405 g/mol. The Kier molecular flexibility index (Phi) is 6.06.